The Labute approximate surface area is 154 Å². The lowest BCUT2D eigenvalue weighted by molar-refractivity contribution is -0.0450. The summed E-state index contributed by atoms with van der Waals surface area (Å²) < 4.78 is 6.18. The summed E-state index contributed by atoms with van der Waals surface area (Å²) in [6.07, 6.45) is 5.68. The smallest absolute Gasteiger partial charge is 0.134 e. The Morgan fingerprint density at radius 1 is 1.27 bits per heavy atom. The van der Waals surface area contributed by atoms with Gasteiger partial charge in [-0.1, -0.05) is 6.07 Å². The van der Waals surface area contributed by atoms with Gasteiger partial charge in [-0.3, -0.25) is 0 Å². The monoisotopic (exact) mass is 354 g/mol. The van der Waals surface area contributed by atoms with E-state index >= 15 is 0 Å². The van der Waals surface area contributed by atoms with Crippen molar-refractivity contribution in [1.82, 2.24) is 15.0 Å². The van der Waals surface area contributed by atoms with Crippen molar-refractivity contribution < 1.29 is 4.74 Å². The van der Waals surface area contributed by atoms with E-state index in [4.69, 9.17) is 4.74 Å². The lowest BCUT2D eigenvalue weighted by Gasteiger charge is -2.51. The van der Waals surface area contributed by atoms with E-state index < -0.39 is 0 Å². The van der Waals surface area contributed by atoms with Gasteiger partial charge < -0.3 is 19.9 Å². The van der Waals surface area contributed by atoms with Crippen LogP contribution in [0, 0.1) is 5.92 Å². The number of nitrogens with one attached hydrogen (secondary N) is 1. The third-order valence-corrected chi connectivity index (χ3v) is 5.40. The van der Waals surface area contributed by atoms with Gasteiger partial charge in [-0.2, -0.15) is 0 Å². The van der Waals surface area contributed by atoms with Gasteiger partial charge in [0.05, 0.1) is 13.1 Å². The molecule has 4 rings (SSSR count). The van der Waals surface area contributed by atoms with E-state index in [0.29, 0.717) is 5.92 Å². The SMILES string of the molecule is CN(C)c1cc(N2CC3(C2)OCCC3CCNc2ccccn2)ncn1. The molecule has 0 aliphatic carbocycles. The summed E-state index contributed by atoms with van der Waals surface area (Å²) >= 11 is 0. The average Bonchev–Trinajstić information content (AvgIpc) is 3.05. The van der Waals surface area contributed by atoms with E-state index in [9.17, 15) is 0 Å². The summed E-state index contributed by atoms with van der Waals surface area (Å²) in [4.78, 5) is 17.3. The van der Waals surface area contributed by atoms with Crippen LogP contribution in [0.1, 0.15) is 12.8 Å². The molecule has 138 valence electrons. The number of ether oxygens (including phenoxy) is 1. The van der Waals surface area contributed by atoms with Crippen LogP contribution in [0.25, 0.3) is 0 Å². The van der Waals surface area contributed by atoms with Gasteiger partial charge in [0, 0.05) is 39.5 Å². The van der Waals surface area contributed by atoms with E-state index in [1.807, 2.05) is 49.5 Å². The summed E-state index contributed by atoms with van der Waals surface area (Å²) in [5, 5.41) is 3.41. The number of nitrogens with zero attached hydrogens (tertiary/aromatic N) is 5. The maximum atomic E-state index is 6.18. The molecule has 2 aromatic heterocycles. The van der Waals surface area contributed by atoms with Crippen molar-refractivity contribution in [2.24, 2.45) is 5.92 Å². The fraction of sp³-hybridized carbons (Fsp3) is 0.526. The Hall–Kier alpha value is -2.41. The van der Waals surface area contributed by atoms with E-state index in [2.05, 4.69) is 25.2 Å². The van der Waals surface area contributed by atoms with Crippen LogP contribution >= 0.6 is 0 Å². The van der Waals surface area contributed by atoms with Gasteiger partial charge in [0.15, 0.2) is 0 Å². The molecular weight excluding hydrogens is 328 g/mol. The molecular formula is C19H26N6O. The predicted molar refractivity (Wildman–Crippen MR) is 103 cm³/mol. The second kappa shape index (κ2) is 7.07. The maximum Gasteiger partial charge on any atom is 0.134 e. The minimum Gasteiger partial charge on any atom is -0.371 e. The highest BCUT2D eigenvalue weighted by molar-refractivity contribution is 5.52. The molecule has 0 amide bonds. The minimum absolute atomic E-state index is 0.0188. The van der Waals surface area contributed by atoms with Crippen molar-refractivity contribution in [1.29, 1.82) is 0 Å². The van der Waals surface area contributed by atoms with E-state index in [1.54, 1.807) is 6.33 Å². The molecule has 4 heterocycles. The van der Waals surface area contributed by atoms with Crippen molar-refractivity contribution in [3.05, 3.63) is 36.8 Å². The minimum atomic E-state index is -0.0188. The number of hydrogen-bond acceptors (Lipinski definition) is 7. The van der Waals surface area contributed by atoms with Gasteiger partial charge in [0.25, 0.3) is 0 Å². The maximum absolute atomic E-state index is 6.18. The number of rotatable bonds is 6. The van der Waals surface area contributed by atoms with Crippen molar-refractivity contribution >= 4 is 17.5 Å². The number of anilines is 3. The third-order valence-electron chi connectivity index (χ3n) is 5.40. The van der Waals surface area contributed by atoms with Crippen molar-refractivity contribution in [2.75, 3.05) is 55.5 Å². The zero-order chi connectivity index (χ0) is 18.0. The molecule has 2 aliphatic heterocycles. The molecule has 1 spiro atoms. The van der Waals surface area contributed by atoms with Crippen LogP contribution in [0.15, 0.2) is 36.8 Å². The van der Waals surface area contributed by atoms with Gasteiger partial charge >= 0.3 is 0 Å². The first kappa shape index (κ1) is 17.0. The Balaban J connectivity index is 1.34. The number of aromatic nitrogens is 3. The molecule has 1 atom stereocenters. The molecule has 0 bridgehead atoms. The second-order valence-corrected chi connectivity index (χ2v) is 7.31. The fourth-order valence-corrected chi connectivity index (χ4v) is 3.90. The summed E-state index contributed by atoms with van der Waals surface area (Å²) in [7, 11) is 3.99. The first-order chi connectivity index (χ1) is 12.7. The first-order valence-electron chi connectivity index (χ1n) is 9.19. The fourth-order valence-electron chi connectivity index (χ4n) is 3.90. The van der Waals surface area contributed by atoms with Crippen molar-refractivity contribution in [3.63, 3.8) is 0 Å². The highest BCUT2D eigenvalue weighted by atomic mass is 16.5. The van der Waals surface area contributed by atoms with Gasteiger partial charge in [0.1, 0.15) is 29.4 Å². The molecule has 0 radical (unpaired) electrons. The summed E-state index contributed by atoms with van der Waals surface area (Å²) in [6.45, 7) is 3.59. The Morgan fingerprint density at radius 2 is 2.15 bits per heavy atom. The van der Waals surface area contributed by atoms with Gasteiger partial charge in [-0.25, -0.2) is 15.0 Å². The van der Waals surface area contributed by atoms with E-state index in [0.717, 1.165) is 56.5 Å². The van der Waals surface area contributed by atoms with Crippen LogP contribution in [-0.4, -0.2) is 60.9 Å². The topological polar surface area (TPSA) is 66.4 Å². The Bertz CT molecular complexity index is 732. The van der Waals surface area contributed by atoms with Gasteiger partial charge in [-0.15, -0.1) is 0 Å². The van der Waals surface area contributed by atoms with Gasteiger partial charge in [-0.05, 0) is 30.9 Å². The lowest BCUT2D eigenvalue weighted by atomic mass is 9.79. The average molecular weight is 354 g/mol. The van der Waals surface area contributed by atoms with Crippen molar-refractivity contribution in [2.45, 2.75) is 18.4 Å². The quantitative estimate of drug-likeness (QED) is 0.851. The lowest BCUT2D eigenvalue weighted by Crippen LogP contribution is -2.65. The second-order valence-electron chi connectivity index (χ2n) is 7.31. The molecule has 2 saturated heterocycles. The summed E-state index contributed by atoms with van der Waals surface area (Å²) in [5.41, 5.74) is -0.0188. The molecule has 2 aliphatic rings. The predicted octanol–water partition coefficient (Wildman–Crippen LogP) is 2.04. The van der Waals surface area contributed by atoms with Gasteiger partial charge in [0.2, 0.25) is 0 Å². The molecule has 7 heteroatoms. The Kier molecular flexibility index (Phi) is 4.63. The van der Waals surface area contributed by atoms with Crippen molar-refractivity contribution in [3.8, 4) is 0 Å². The number of pyridine rings is 1. The zero-order valence-electron chi connectivity index (χ0n) is 15.4. The van der Waals surface area contributed by atoms with Crippen LogP contribution in [-0.2, 0) is 4.74 Å². The molecule has 0 aromatic carbocycles. The molecule has 0 saturated carbocycles. The third kappa shape index (κ3) is 3.31. The number of hydrogen-bond donors (Lipinski definition) is 1. The normalized spacial score (nSPS) is 20.8. The molecule has 1 N–H and O–H groups in total. The van der Waals surface area contributed by atoms with Crippen LogP contribution in [0.4, 0.5) is 17.5 Å². The summed E-state index contributed by atoms with van der Waals surface area (Å²) in [5.74, 6) is 3.42. The molecule has 7 nitrogen and oxygen atoms in total. The summed E-state index contributed by atoms with van der Waals surface area (Å²) in [6, 6.07) is 7.98. The standard InChI is InChI=1S/C19H26N6O/c1-24(2)17-11-18(23-14-22-17)25-12-19(13-25)15(7-10-26-19)6-9-21-16-5-3-4-8-20-16/h3-5,8,11,14-15H,6-7,9-10,12-13H2,1-2H3,(H,20,21). The van der Waals surface area contributed by atoms with Crippen LogP contribution in [0.3, 0.4) is 0 Å². The molecule has 2 aromatic rings. The van der Waals surface area contributed by atoms with Crippen LogP contribution in [0.2, 0.25) is 0 Å². The van der Waals surface area contributed by atoms with Crippen LogP contribution in [0.5, 0.6) is 0 Å². The molecule has 2 fully saturated rings. The van der Waals surface area contributed by atoms with E-state index in [1.165, 1.54) is 0 Å². The highest BCUT2D eigenvalue weighted by Gasteiger charge is 2.53. The van der Waals surface area contributed by atoms with E-state index in [-0.39, 0.29) is 5.60 Å². The van der Waals surface area contributed by atoms with Crippen LogP contribution < -0.4 is 15.1 Å². The largest absolute Gasteiger partial charge is 0.371 e. The highest BCUT2D eigenvalue weighted by Crippen LogP contribution is 2.43. The molecule has 1 unspecified atom stereocenters. The molecule has 26 heavy (non-hydrogen) atoms. The first-order valence-corrected chi connectivity index (χ1v) is 9.19. The Morgan fingerprint density at radius 3 is 2.92 bits per heavy atom. The zero-order valence-corrected chi connectivity index (χ0v) is 15.4.